The van der Waals surface area contributed by atoms with Crippen molar-refractivity contribution in [2.24, 2.45) is 0 Å². The lowest BCUT2D eigenvalue weighted by Crippen LogP contribution is -2.35. The number of imidazole rings is 1. The zero-order valence-corrected chi connectivity index (χ0v) is 11.6. The van der Waals surface area contributed by atoms with Crippen molar-refractivity contribution in [1.82, 2.24) is 15.3 Å². The van der Waals surface area contributed by atoms with Gasteiger partial charge in [-0.05, 0) is 20.8 Å². The number of aromatic nitrogens is 2. The molecule has 116 valence electrons. The predicted octanol–water partition coefficient (Wildman–Crippen LogP) is 2.71. The maximum absolute atomic E-state index is 12.6. The molecular formula is C12H19F4N3O. The van der Waals surface area contributed by atoms with Gasteiger partial charge in [0, 0.05) is 24.0 Å². The number of rotatable bonds is 7. The van der Waals surface area contributed by atoms with Crippen LogP contribution < -0.4 is 5.32 Å². The van der Waals surface area contributed by atoms with Crippen molar-refractivity contribution < 1.29 is 22.3 Å². The van der Waals surface area contributed by atoms with Crippen LogP contribution in [0.4, 0.5) is 17.6 Å². The molecule has 0 aromatic carbocycles. The minimum absolute atomic E-state index is 0.0684. The number of hydrogen-bond acceptors (Lipinski definition) is 3. The summed E-state index contributed by atoms with van der Waals surface area (Å²) in [6.45, 7) is 4.93. The Balaban J connectivity index is 2.38. The van der Waals surface area contributed by atoms with Gasteiger partial charge in [0.05, 0.1) is 0 Å². The minimum Gasteiger partial charge on any atom is -0.367 e. The molecule has 0 saturated carbocycles. The van der Waals surface area contributed by atoms with Gasteiger partial charge in [-0.3, -0.25) is 0 Å². The highest BCUT2D eigenvalue weighted by atomic mass is 19.3. The van der Waals surface area contributed by atoms with Crippen molar-refractivity contribution in [2.45, 2.75) is 51.8 Å². The summed E-state index contributed by atoms with van der Waals surface area (Å²) in [6.07, 6.45) is -2.19. The molecule has 1 rings (SSSR count). The standard InChI is InChI=1S/C12H19F4N3O/c1-11(2,3)18-5-8-4-17-9(19-8)6-20-7-12(15,16)10(13)14/h4,10,18H,5-7H2,1-3H3,(H,17,19). The van der Waals surface area contributed by atoms with Crippen LogP contribution in [-0.2, 0) is 17.9 Å². The van der Waals surface area contributed by atoms with Gasteiger partial charge in [-0.2, -0.15) is 8.78 Å². The summed E-state index contributed by atoms with van der Waals surface area (Å²) in [6, 6.07) is 0. The van der Waals surface area contributed by atoms with Crippen LogP contribution in [0.15, 0.2) is 6.20 Å². The van der Waals surface area contributed by atoms with E-state index in [1.54, 1.807) is 6.20 Å². The third-order valence-corrected chi connectivity index (χ3v) is 2.34. The highest BCUT2D eigenvalue weighted by Crippen LogP contribution is 2.23. The smallest absolute Gasteiger partial charge is 0.330 e. The molecule has 0 atom stereocenters. The summed E-state index contributed by atoms with van der Waals surface area (Å²) in [4.78, 5) is 6.80. The molecular weight excluding hydrogens is 278 g/mol. The van der Waals surface area contributed by atoms with Gasteiger partial charge >= 0.3 is 12.3 Å². The highest BCUT2D eigenvalue weighted by Gasteiger charge is 2.40. The Morgan fingerprint density at radius 1 is 1.35 bits per heavy atom. The first-order valence-electron chi connectivity index (χ1n) is 6.12. The largest absolute Gasteiger partial charge is 0.367 e. The van der Waals surface area contributed by atoms with Gasteiger partial charge in [0.15, 0.2) is 0 Å². The van der Waals surface area contributed by atoms with Crippen LogP contribution in [0.3, 0.4) is 0 Å². The highest BCUT2D eigenvalue weighted by molar-refractivity contribution is 5.01. The van der Waals surface area contributed by atoms with Crippen molar-refractivity contribution in [1.29, 1.82) is 0 Å². The van der Waals surface area contributed by atoms with Gasteiger partial charge in [-0.15, -0.1) is 0 Å². The first kappa shape index (κ1) is 16.9. The molecule has 0 bridgehead atoms. The van der Waals surface area contributed by atoms with Crippen LogP contribution in [-0.4, -0.2) is 34.5 Å². The number of nitrogens with zero attached hydrogens (tertiary/aromatic N) is 1. The molecule has 0 spiro atoms. The number of hydrogen-bond donors (Lipinski definition) is 2. The first-order chi connectivity index (χ1) is 9.10. The van der Waals surface area contributed by atoms with Crippen LogP contribution in [0.25, 0.3) is 0 Å². The Morgan fingerprint density at radius 2 is 2.00 bits per heavy atom. The van der Waals surface area contributed by atoms with E-state index in [1.807, 2.05) is 20.8 Å². The lowest BCUT2D eigenvalue weighted by molar-refractivity contribution is -0.168. The number of ether oxygens (including phenoxy) is 1. The molecule has 8 heteroatoms. The molecule has 0 unspecified atom stereocenters. The van der Waals surface area contributed by atoms with E-state index in [4.69, 9.17) is 0 Å². The summed E-state index contributed by atoms with van der Waals surface area (Å²) >= 11 is 0. The molecule has 0 aliphatic carbocycles. The Kier molecular flexibility index (Phi) is 5.52. The molecule has 0 radical (unpaired) electrons. The number of nitrogens with one attached hydrogen (secondary N) is 2. The third kappa shape index (κ3) is 5.87. The average Bonchev–Trinajstić information content (AvgIpc) is 2.73. The average molecular weight is 297 g/mol. The molecule has 1 heterocycles. The van der Waals surface area contributed by atoms with Crippen LogP contribution in [0.5, 0.6) is 0 Å². The van der Waals surface area contributed by atoms with E-state index < -0.39 is 19.0 Å². The molecule has 0 aliphatic rings. The van der Waals surface area contributed by atoms with Gasteiger partial charge in [-0.1, -0.05) is 0 Å². The van der Waals surface area contributed by atoms with E-state index in [0.29, 0.717) is 12.4 Å². The van der Waals surface area contributed by atoms with Crippen molar-refractivity contribution in [3.05, 3.63) is 17.7 Å². The van der Waals surface area contributed by atoms with Gasteiger partial charge in [0.2, 0.25) is 0 Å². The van der Waals surface area contributed by atoms with Gasteiger partial charge in [0.25, 0.3) is 0 Å². The van der Waals surface area contributed by atoms with Crippen molar-refractivity contribution >= 4 is 0 Å². The normalized spacial score (nSPS) is 13.2. The molecule has 0 fully saturated rings. The fourth-order valence-electron chi connectivity index (χ4n) is 1.28. The second kappa shape index (κ2) is 6.53. The summed E-state index contributed by atoms with van der Waals surface area (Å²) in [7, 11) is 0. The van der Waals surface area contributed by atoms with E-state index >= 15 is 0 Å². The molecule has 0 aliphatic heterocycles. The number of halogens is 4. The van der Waals surface area contributed by atoms with Crippen molar-refractivity contribution in [3.8, 4) is 0 Å². The van der Waals surface area contributed by atoms with E-state index in [9.17, 15) is 17.6 Å². The summed E-state index contributed by atoms with van der Waals surface area (Å²) in [5.41, 5.74) is 0.695. The van der Waals surface area contributed by atoms with E-state index in [1.165, 1.54) is 0 Å². The third-order valence-electron chi connectivity index (χ3n) is 2.34. The molecule has 2 N–H and O–H groups in total. The second-order valence-electron chi connectivity index (χ2n) is 5.51. The predicted molar refractivity (Wildman–Crippen MR) is 65.8 cm³/mol. The zero-order valence-electron chi connectivity index (χ0n) is 11.6. The SMILES string of the molecule is CC(C)(C)NCc1cnc(COCC(F)(F)C(F)F)[nH]1. The minimum atomic E-state index is -4.14. The van der Waals surface area contributed by atoms with Gasteiger partial charge in [0.1, 0.15) is 19.0 Å². The summed E-state index contributed by atoms with van der Waals surface area (Å²) in [5, 5.41) is 3.22. The maximum atomic E-state index is 12.6. The molecule has 4 nitrogen and oxygen atoms in total. The Hall–Kier alpha value is -1.15. The van der Waals surface area contributed by atoms with E-state index in [0.717, 1.165) is 5.69 Å². The fraction of sp³-hybridized carbons (Fsp3) is 0.750. The van der Waals surface area contributed by atoms with Crippen LogP contribution in [0.2, 0.25) is 0 Å². The zero-order chi connectivity index (χ0) is 15.4. The Labute approximate surface area is 114 Å². The molecule has 0 saturated heterocycles. The van der Waals surface area contributed by atoms with Crippen LogP contribution >= 0.6 is 0 Å². The van der Waals surface area contributed by atoms with Gasteiger partial charge < -0.3 is 15.0 Å². The summed E-state index contributed by atoms with van der Waals surface area (Å²) < 4.78 is 53.5. The van der Waals surface area contributed by atoms with Crippen molar-refractivity contribution in [3.63, 3.8) is 0 Å². The molecule has 20 heavy (non-hydrogen) atoms. The Morgan fingerprint density at radius 3 is 2.55 bits per heavy atom. The lowest BCUT2D eigenvalue weighted by atomic mass is 10.1. The van der Waals surface area contributed by atoms with Crippen LogP contribution in [0.1, 0.15) is 32.3 Å². The number of H-pyrrole nitrogens is 1. The summed E-state index contributed by atoms with van der Waals surface area (Å²) in [5.74, 6) is -3.82. The van der Waals surface area contributed by atoms with Crippen LogP contribution in [0, 0.1) is 0 Å². The number of aromatic amines is 1. The fourth-order valence-corrected chi connectivity index (χ4v) is 1.28. The second-order valence-corrected chi connectivity index (χ2v) is 5.51. The van der Waals surface area contributed by atoms with E-state index in [2.05, 4.69) is 20.0 Å². The first-order valence-corrected chi connectivity index (χ1v) is 6.12. The topological polar surface area (TPSA) is 49.9 Å². The quantitative estimate of drug-likeness (QED) is 0.761. The molecule has 1 aromatic heterocycles. The molecule has 0 amide bonds. The number of alkyl halides is 4. The van der Waals surface area contributed by atoms with E-state index in [-0.39, 0.29) is 12.1 Å². The maximum Gasteiger partial charge on any atom is 0.330 e. The Bertz CT molecular complexity index is 415. The van der Waals surface area contributed by atoms with Gasteiger partial charge in [-0.25, -0.2) is 13.8 Å². The monoisotopic (exact) mass is 297 g/mol. The molecule has 1 aromatic rings. The lowest BCUT2D eigenvalue weighted by Gasteiger charge is -2.19. The van der Waals surface area contributed by atoms with Crippen molar-refractivity contribution in [2.75, 3.05) is 6.61 Å².